The van der Waals surface area contributed by atoms with Gasteiger partial charge in [0.15, 0.2) is 17.2 Å². The van der Waals surface area contributed by atoms with Crippen molar-refractivity contribution in [3.05, 3.63) is 59.8 Å². The molecule has 1 atom stereocenters. The van der Waals surface area contributed by atoms with Crippen molar-refractivity contribution in [2.24, 2.45) is 5.73 Å². The zero-order valence-corrected chi connectivity index (χ0v) is 23.6. The van der Waals surface area contributed by atoms with Crippen LogP contribution in [0.1, 0.15) is 35.0 Å². The van der Waals surface area contributed by atoms with Crippen LogP contribution in [0.2, 0.25) is 0 Å². The van der Waals surface area contributed by atoms with Gasteiger partial charge in [0, 0.05) is 62.1 Å². The Balaban J connectivity index is 0.00000141. The van der Waals surface area contributed by atoms with Crippen molar-refractivity contribution in [1.82, 2.24) is 40.1 Å². The monoisotopic (exact) mass is 616 g/mol. The number of amides is 3. The molecule has 17 heteroatoms. The van der Waals surface area contributed by atoms with E-state index in [9.17, 15) is 22.8 Å². The number of nitrogens with one attached hydrogen (secondary N) is 4. The second-order valence-electron chi connectivity index (χ2n) is 9.70. The number of carbonyl (C=O) groups is 3. The first-order chi connectivity index (χ1) is 21.1. The van der Waals surface area contributed by atoms with E-state index in [2.05, 4.69) is 36.1 Å². The van der Waals surface area contributed by atoms with Gasteiger partial charge in [-0.05, 0) is 36.6 Å². The number of hydrogen-bond acceptors (Lipinski definition) is 8. The number of hydrogen-bond donors (Lipinski definition) is 6. The van der Waals surface area contributed by atoms with Gasteiger partial charge < -0.3 is 31.7 Å². The molecule has 1 fully saturated rings. The Morgan fingerprint density at radius 1 is 1.23 bits per heavy atom. The van der Waals surface area contributed by atoms with Crippen molar-refractivity contribution >= 4 is 35.6 Å². The van der Waals surface area contributed by atoms with Crippen LogP contribution in [0.4, 0.5) is 29.5 Å². The van der Waals surface area contributed by atoms with E-state index in [-0.39, 0.29) is 48.8 Å². The first kappa shape index (κ1) is 31.7. The van der Waals surface area contributed by atoms with Crippen LogP contribution in [-0.4, -0.2) is 85.2 Å². The molecule has 1 saturated heterocycles. The van der Waals surface area contributed by atoms with Gasteiger partial charge in [-0.3, -0.25) is 19.1 Å². The standard InChI is InChI=1S/C26H29F3N10O2.CH2O2/c1-2-15-11-17(3-4-18(15)24(40)32-6-7-33-25(41)38-9-5-16(30)14-38)36-22-23-34-13-20(39(23)10-8-31-22)19-12-35-37-21(19)26(27,28)29;2-1-3/h3-4,8,10-13,16H,2,5-7,9,14,30H2,1H3,(H,31,36)(H,32,40)(H,33,41)(H,35,37);1H,(H,2,3). The number of rotatable bonds is 8. The summed E-state index contributed by atoms with van der Waals surface area (Å²) in [6, 6.07) is 4.99. The molecule has 4 heterocycles. The first-order valence-electron chi connectivity index (χ1n) is 13.5. The Bertz CT molecular complexity index is 1620. The SMILES string of the molecule is CCc1cc(Nc2nccn3c(-c4c[nH]nc4C(F)(F)F)cnc23)ccc1C(=O)NCCNC(=O)N1CCC(N)C1.O=CO. The predicted octanol–water partition coefficient (Wildman–Crippen LogP) is 2.62. The third-order valence-electron chi connectivity index (χ3n) is 6.81. The van der Waals surface area contributed by atoms with E-state index in [1.807, 2.05) is 6.92 Å². The van der Waals surface area contributed by atoms with E-state index in [0.717, 1.165) is 12.0 Å². The minimum absolute atomic E-state index is 0.000152. The van der Waals surface area contributed by atoms with Crippen LogP contribution in [0, 0.1) is 0 Å². The van der Waals surface area contributed by atoms with E-state index in [0.29, 0.717) is 42.2 Å². The van der Waals surface area contributed by atoms with Crippen LogP contribution >= 0.6 is 0 Å². The van der Waals surface area contributed by atoms with Crippen LogP contribution < -0.4 is 21.7 Å². The maximum absolute atomic E-state index is 13.4. The molecule has 3 amide bonds. The summed E-state index contributed by atoms with van der Waals surface area (Å²) in [4.78, 5) is 43.6. The molecule has 3 aromatic heterocycles. The molecule has 0 spiro atoms. The van der Waals surface area contributed by atoms with Crippen LogP contribution in [-0.2, 0) is 17.4 Å². The molecule has 0 saturated carbocycles. The average molecular weight is 617 g/mol. The van der Waals surface area contributed by atoms with Gasteiger partial charge in [0.1, 0.15) is 0 Å². The zero-order valence-electron chi connectivity index (χ0n) is 23.6. The largest absolute Gasteiger partial charge is 0.483 e. The highest BCUT2D eigenvalue weighted by atomic mass is 19.4. The summed E-state index contributed by atoms with van der Waals surface area (Å²) in [6.07, 6.45) is 2.18. The normalized spacial score (nSPS) is 14.6. The molecule has 1 unspecified atom stereocenters. The van der Waals surface area contributed by atoms with E-state index in [4.69, 9.17) is 15.6 Å². The number of H-pyrrole nitrogens is 1. The third kappa shape index (κ3) is 7.23. The number of halogens is 3. The van der Waals surface area contributed by atoms with E-state index in [1.165, 1.54) is 29.2 Å². The quantitative estimate of drug-likeness (QED) is 0.127. The Hall–Kier alpha value is -5.19. The number of anilines is 2. The smallest absolute Gasteiger partial charge is 0.435 e. The van der Waals surface area contributed by atoms with E-state index < -0.39 is 11.9 Å². The number of aromatic nitrogens is 5. The Morgan fingerprint density at radius 3 is 2.66 bits per heavy atom. The minimum atomic E-state index is -4.63. The molecule has 0 bridgehead atoms. The van der Waals surface area contributed by atoms with Gasteiger partial charge in [-0.2, -0.15) is 18.3 Å². The first-order valence-corrected chi connectivity index (χ1v) is 13.5. The number of aryl methyl sites for hydroxylation is 1. The van der Waals surface area contributed by atoms with Gasteiger partial charge in [-0.15, -0.1) is 0 Å². The number of imidazole rings is 1. The lowest BCUT2D eigenvalue weighted by Crippen LogP contribution is -2.42. The highest BCUT2D eigenvalue weighted by Crippen LogP contribution is 2.36. The lowest BCUT2D eigenvalue weighted by molar-refractivity contribution is -0.140. The lowest BCUT2D eigenvalue weighted by Gasteiger charge is -2.17. The van der Waals surface area contributed by atoms with Gasteiger partial charge in [-0.25, -0.2) is 14.8 Å². The minimum Gasteiger partial charge on any atom is -0.483 e. The summed E-state index contributed by atoms with van der Waals surface area (Å²) in [5.74, 6) is 0.0503. The Labute approximate surface area is 248 Å². The molecule has 1 aliphatic heterocycles. The Morgan fingerprint density at radius 2 is 1.98 bits per heavy atom. The van der Waals surface area contributed by atoms with Gasteiger partial charge in [0.05, 0.1) is 17.5 Å². The predicted molar refractivity (Wildman–Crippen MR) is 153 cm³/mol. The fraction of sp³-hybridized carbons (Fsp3) is 0.333. The number of nitrogens with two attached hydrogens (primary N) is 1. The zero-order chi connectivity index (χ0) is 31.9. The summed E-state index contributed by atoms with van der Waals surface area (Å²) in [6.45, 7) is 3.35. The van der Waals surface area contributed by atoms with Crippen molar-refractivity contribution in [3.63, 3.8) is 0 Å². The molecule has 0 aliphatic carbocycles. The Kier molecular flexibility index (Phi) is 9.99. The molecule has 5 rings (SSSR count). The molecule has 234 valence electrons. The van der Waals surface area contributed by atoms with Crippen molar-refractivity contribution in [2.45, 2.75) is 32.0 Å². The fourth-order valence-electron chi connectivity index (χ4n) is 4.75. The highest BCUT2D eigenvalue weighted by Gasteiger charge is 2.37. The summed E-state index contributed by atoms with van der Waals surface area (Å²) < 4.78 is 41.7. The molecule has 44 heavy (non-hydrogen) atoms. The van der Waals surface area contributed by atoms with Crippen molar-refractivity contribution in [1.29, 1.82) is 0 Å². The number of benzene rings is 1. The molecule has 1 aromatic carbocycles. The number of urea groups is 1. The van der Waals surface area contributed by atoms with E-state index >= 15 is 0 Å². The van der Waals surface area contributed by atoms with Crippen LogP contribution in [0.3, 0.4) is 0 Å². The maximum atomic E-state index is 13.4. The number of nitrogens with zero attached hydrogens (tertiary/aromatic N) is 5. The average Bonchev–Trinajstić information content (AvgIpc) is 3.75. The number of fused-ring (bicyclic) bond motifs is 1. The second-order valence-corrected chi connectivity index (χ2v) is 9.70. The van der Waals surface area contributed by atoms with Crippen LogP contribution in [0.15, 0.2) is 43.0 Å². The number of aromatic amines is 1. The van der Waals surface area contributed by atoms with Gasteiger partial charge in [-0.1, -0.05) is 6.92 Å². The number of carbonyl (C=O) groups excluding carboxylic acids is 2. The van der Waals surface area contributed by atoms with E-state index in [1.54, 1.807) is 23.1 Å². The van der Waals surface area contributed by atoms with Crippen LogP contribution in [0.25, 0.3) is 16.9 Å². The summed E-state index contributed by atoms with van der Waals surface area (Å²) in [5.41, 5.74) is 7.07. The van der Waals surface area contributed by atoms with Crippen LogP contribution in [0.5, 0.6) is 0 Å². The molecule has 4 aromatic rings. The molecule has 0 radical (unpaired) electrons. The summed E-state index contributed by atoms with van der Waals surface area (Å²) >= 11 is 0. The van der Waals surface area contributed by atoms with Crippen molar-refractivity contribution in [3.8, 4) is 11.3 Å². The van der Waals surface area contributed by atoms with Gasteiger partial charge in [0.25, 0.3) is 12.4 Å². The summed E-state index contributed by atoms with van der Waals surface area (Å²) in [5, 5.41) is 21.3. The number of alkyl halides is 3. The van der Waals surface area contributed by atoms with Gasteiger partial charge >= 0.3 is 12.2 Å². The highest BCUT2D eigenvalue weighted by molar-refractivity contribution is 5.96. The topological polar surface area (TPSA) is 196 Å². The third-order valence-corrected chi connectivity index (χ3v) is 6.81. The van der Waals surface area contributed by atoms with Crippen molar-refractivity contribution in [2.75, 3.05) is 31.5 Å². The fourth-order valence-corrected chi connectivity index (χ4v) is 4.75. The molecular formula is C27H31F3N10O4. The number of carboxylic acid groups (broad SMARTS) is 1. The molecule has 14 nitrogen and oxygen atoms in total. The molecule has 7 N–H and O–H groups in total. The lowest BCUT2D eigenvalue weighted by atomic mass is 10.0. The molecule has 1 aliphatic rings. The number of likely N-dealkylation sites (tertiary alicyclic amines) is 1. The molecular weight excluding hydrogens is 585 g/mol. The summed E-state index contributed by atoms with van der Waals surface area (Å²) in [7, 11) is 0. The van der Waals surface area contributed by atoms with Gasteiger partial charge in [0.2, 0.25) is 0 Å². The second kappa shape index (κ2) is 13.9. The van der Waals surface area contributed by atoms with Crippen molar-refractivity contribution < 1.29 is 32.7 Å². The maximum Gasteiger partial charge on any atom is 0.435 e.